The van der Waals surface area contributed by atoms with Crippen molar-refractivity contribution in [1.82, 2.24) is 4.72 Å². The van der Waals surface area contributed by atoms with E-state index >= 15 is 0 Å². The van der Waals surface area contributed by atoms with Gasteiger partial charge in [-0.15, -0.1) is 0 Å². The number of fused-ring (bicyclic) bond motifs is 1. The van der Waals surface area contributed by atoms with Gasteiger partial charge in [-0.2, -0.15) is 13.2 Å². The molecule has 7 heteroatoms. The van der Waals surface area contributed by atoms with Crippen LogP contribution in [0.2, 0.25) is 0 Å². The summed E-state index contributed by atoms with van der Waals surface area (Å²) in [6.07, 6.45) is -4.39. The third kappa shape index (κ3) is 4.19. The van der Waals surface area contributed by atoms with E-state index in [4.69, 9.17) is 0 Å². The SMILES string of the molecule is CC(CNS(=O)c1ccc(C(F)(F)F)cc1)N1CC(C)(C)c2ccccc21. The van der Waals surface area contributed by atoms with Crippen LogP contribution in [0, 0.1) is 0 Å². The second kappa shape index (κ2) is 7.28. The van der Waals surface area contributed by atoms with Gasteiger partial charge in [0.05, 0.1) is 10.5 Å². The lowest BCUT2D eigenvalue weighted by atomic mass is 9.87. The summed E-state index contributed by atoms with van der Waals surface area (Å²) in [5, 5.41) is 0. The monoisotopic (exact) mass is 396 g/mol. The van der Waals surface area contributed by atoms with Crippen molar-refractivity contribution >= 4 is 16.7 Å². The van der Waals surface area contributed by atoms with Crippen LogP contribution in [0.1, 0.15) is 31.9 Å². The van der Waals surface area contributed by atoms with Gasteiger partial charge in [0.1, 0.15) is 11.0 Å². The topological polar surface area (TPSA) is 32.3 Å². The second-order valence-corrected chi connectivity index (χ2v) is 8.81. The minimum atomic E-state index is -4.39. The Balaban J connectivity index is 1.64. The van der Waals surface area contributed by atoms with Gasteiger partial charge in [0.2, 0.25) is 0 Å². The first-order chi connectivity index (χ1) is 12.6. The van der Waals surface area contributed by atoms with Crippen LogP contribution < -0.4 is 9.62 Å². The van der Waals surface area contributed by atoms with Gasteiger partial charge in [-0.1, -0.05) is 32.0 Å². The van der Waals surface area contributed by atoms with Gasteiger partial charge in [-0.05, 0) is 42.8 Å². The van der Waals surface area contributed by atoms with Crippen LogP contribution in [-0.4, -0.2) is 23.3 Å². The fourth-order valence-electron chi connectivity index (χ4n) is 3.44. The molecule has 1 aliphatic heterocycles. The quantitative estimate of drug-likeness (QED) is 0.807. The Labute approximate surface area is 160 Å². The van der Waals surface area contributed by atoms with Crippen molar-refractivity contribution in [2.24, 2.45) is 0 Å². The van der Waals surface area contributed by atoms with Crippen LogP contribution in [0.4, 0.5) is 18.9 Å². The van der Waals surface area contributed by atoms with E-state index in [-0.39, 0.29) is 11.5 Å². The fraction of sp³-hybridized carbons (Fsp3) is 0.400. The number of hydrogen-bond acceptors (Lipinski definition) is 2. The third-order valence-electron chi connectivity index (χ3n) is 4.95. The summed E-state index contributed by atoms with van der Waals surface area (Å²) in [5.41, 5.74) is 1.77. The Morgan fingerprint density at radius 3 is 2.41 bits per heavy atom. The van der Waals surface area contributed by atoms with Crippen LogP contribution in [0.25, 0.3) is 0 Å². The van der Waals surface area contributed by atoms with E-state index in [9.17, 15) is 17.4 Å². The number of nitrogens with one attached hydrogen (secondary N) is 1. The molecule has 1 N–H and O–H groups in total. The Kier molecular flexibility index (Phi) is 5.36. The molecule has 3 rings (SSSR count). The zero-order valence-corrected chi connectivity index (χ0v) is 16.3. The maximum Gasteiger partial charge on any atom is 0.416 e. The highest BCUT2D eigenvalue weighted by molar-refractivity contribution is 7.83. The summed E-state index contributed by atoms with van der Waals surface area (Å²) in [7, 11) is -1.56. The summed E-state index contributed by atoms with van der Waals surface area (Å²) >= 11 is 0. The van der Waals surface area contributed by atoms with Crippen LogP contribution in [0.5, 0.6) is 0 Å². The van der Waals surface area contributed by atoms with E-state index in [1.807, 2.05) is 12.1 Å². The highest BCUT2D eigenvalue weighted by Gasteiger charge is 2.36. The Morgan fingerprint density at radius 2 is 1.78 bits per heavy atom. The zero-order chi connectivity index (χ0) is 19.8. The molecular weight excluding hydrogens is 373 g/mol. The molecule has 1 aliphatic rings. The molecule has 2 aromatic rings. The van der Waals surface area contributed by atoms with Crippen LogP contribution in [0.3, 0.4) is 0 Å². The number of alkyl halides is 3. The second-order valence-electron chi connectivity index (χ2n) is 7.52. The number of anilines is 1. The third-order valence-corrected chi connectivity index (χ3v) is 6.08. The van der Waals surface area contributed by atoms with Crippen molar-refractivity contribution in [1.29, 1.82) is 0 Å². The molecule has 0 saturated heterocycles. The Hall–Kier alpha value is -1.86. The summed E-state index contributed by atoms with van der Waals surface area (Å²) < 4.78 is 53.2. The number of nitrogens with zero attached hydrogens (tertiary/aromatic N) is 1. The number of para-hydroxylation sites is 1. The van der Waals surface area contributed by atoms with E-state index in [0.29, 0.717) is 11.4 Å². The van der Waals surface area contributed by atoms with E-state index in [2.05, 4.69) is 42.5 Å². The highest BCUT2D eigenvalue weighted by Crippen LogP contribution is 2.41. The molecule has 2 aromatic carbocycles. The van der Waals surface area contributed by atoms with E-state index in [0.717, 1.165) is 18.7 Å². The van der Waals surface area contributed by atoms with Gasteiger partial charge in [0.25, 0.3) is 0 Å². The maximum absolute atomic E-state index is 12.6. The summed E-state index contributed by atoms with van der Waals surface area (Å²) in [5.74, 6) is 0. The van der Waals surface area contributed by atoms with Gasteiger partial charge >= 0.3 is 6.18 Å². The van der Waals surface area contributed by atoms with Gasteiger partial charge < -0.3 is 4.90 Å². The molecule has 2 atom stereocenters. The largest absolute Gasteiger partial charge is 0.416 e. The molecule has 0 aliphatic carbocycles. The smallest absolute Gasteiger partial charge is 0.366 e. The molecule has 3 nitrogen and oxygen atoms in total. The van der Waals surface area contributed by atoms with Crippen molar-refractivity contribution in [2.45, 2.75) is 43.3 Å². The van der Waals surface area contributed by atoms with Crippen LogP contribution >= 0.6 is 0 Å². The molecule has 0 spiro atoms. The lowest BCUT2D eigenvalue weighted by molar-refractivity contribution is -0.137. The van der Waals surface area contributed by atoms with Crippen molar-refractivity contribution in [3.8, 4) is 0 Å². The predicted octanol–water partition coefficient (Wildman–Crippen LogP) is 4.50. The molecule has 0 aromatic heterocycles. The molecule has 2 unspecified atom stereocenters. The number of benzene rings is 2. The molecule has 0 radical (unpaired) electrons. The predicted molar refractivity (Wildman–Crippen MR) is 102 cm³/mol. The molecule has 0 fully saturated rings. The molecule has 146 valence electrons. The van der Waals surface area contributed by atoms with Crippen molar-refractivity contribution in [3.63, 3.8) is 0 Å². The number of rotatable bonds is 5. The molecule has 0 saturated carbocycles. The van der Waals surface area contributed by atoms with Crippen molar-refractivity contribution in [2.75, 3.05) is 18.0 Å². The Bertz CT molecular complexity index is 834. The molecule has 0 bridgehead atoms. The summed E-state index contributed by atoms with van der Waals surface area (Å²) in [6.45, 7) is 7.77. The average molecular weight is 396 g/mol. The number of hydrogen-bond donors (Lipinski definition) is 1. The Morgan fingerprint density at radius 1 is 1.15 bits per heavy atom. The normalized spacial score (nSPS) is 18.2. The number of halogens is 3. The first-order valence-corrected chi connectivity index (χ1v) is 9.93. The molecule has 27 heavy (non-hydrogen) atoms. The van der Waals surface area contributed by atoms with Crippen molar-refractivity contribution in [3.05, 3.63) is 59.7 Å². The van der Waals surface area contributed by atoms with Gasteiger partial charge in [0.15, 0.2) is 0 Å². The van der Waals surface area contributed by atoms with Crippen LogP contribution in [0.15, 0.2) is 53.4 Å². The van der Waals surface area contributed by atoms with Gasteiger partial charge in [-0.25, -0.2) is 8.93 Å². The fourth-order valence-corrected chi connectivity index (χ4v) is 4.39. The molecular formula is C20H23F3N2OS. The minimum absolute atomic E-state index is 0.0391. The van der Waals surface area contributed by atoms with Crippen LogP contribution in [-0.2, 0) is 22.6 Å². The zero-order valence-electron chi connectivity index (χ0n) is 15.5. The van der Waals surface area contributed by atoms with Gasteiger partial charge in [0, 0.05) is 30.2 Å². The first kappa shape index (κ1) is 19.9. The van der Waals surface area contributed by atoms with E-state index in [1.54, 1.807) is 0 Å². The standard InChI is InChI=1S/C20H23F3N2OS/c1-14(25-13-19(2,3)17-6-4-5-7-18(17)25)12-24-27(26)16-10-8-15(9-11-16)20(21,22)23/h4-11,14,24H,12-13H2,1-3H3. The van der Waals surface area contributed by atoms with Crippen molar-refractivity contribution < 1.29 is 17.4 Å². The summed E-state index contributed by atoms with van der Waals surface area (Å²) in [4.78, 5) is 2.61. The first-order valence-electron chi connectivity index (χ1n) is 8.78. The lowest BCUT2D eigenvalue weighted by Crippen LogP contribution is -2.42. The van der Waals surface area contributed by atoms with Gasteiger partial charge in [-0.3, -0.25) is 0 Å². The minimum Gasteiger partial charge on any atom is -0.366 e. The van der Waals surface area contributed by atoms with E-state index < -0.39 is 22.7 Å². The molecule has 0 amide bonds. The highest BCUT2D eigenvalue weighted by atomic mass is 32.2. The lowest BCUT2D eigenvalue weighted by Gasteiger charge is -2.29. The summed E-state index contributed by atoms with van der Waals surface area (Å²) in [6, 6.07) is 12.8. The maximum atomic E-state index is 12.6. The molecule has 1 heterocycles. The van der Waals surface area contributed by atoms with E-state index in [1.165, 1.54) is 23.4 Å². The average Bonchev–Trinajstić information content (AvgIpc) is 2.90.